The largest absolute Gasteiger partial charge is 0.417 e. The lowest BCUT2D eigenvalue weighted by Gasteiger charge is -2.20. The molecule has 4 aromatic rings. The summed E-state index contributed by atoms with van der Waals surface area (Å²) in [6.07, 6.45) is 4.68. The Morgan fingerprint density at radius 1 is 0.621 bits per heavy atom. The van der Waals surface area contributed by atoms with Gasteiger partial charge < -0.3 is 0 Å². The van der Waals surface area contributed by atoms with E-state index in [-0.39, 0.29) is 5.66 Å². The lowest BCUT2D eigenvalue weighted by molar-refractivity contribution is -0.954. The van der Waals surface area contributed by atoms with E-state index in [1.165, 1.54) is 38.8 Å². The minimum Gasteiger partial charge on any atom is -0.126 e. The normalized spacial score (nSPS) is 18.3. The second-order valence-electron chi connectivity index (χ2n) is 9.14. The molecule has 0 amide bonds. The fourth-order valence-corrected chi connectivity index (χ4v) is 6.28. The van der Waals surface area contributed by atoms with E-state index >= 15 is 0 Å². The summed E-state index contributed by atoms with van der Waals surface area (Å²) in [6.45, 7) is 7.27. The maximum Gasteiger partial charge on any atom is 0.417 e. The Hall–Kier alpha value is -3.04. The van der Waals surface area contributed by atoms with Gasteiger partial charge in [0.2, 0.25) is 11.4 Å². The summed E-state index contributed by atoms with van der Waals surface area (Å²) < 4.78 is 5.02. The molecule has 1 spiro atoms. The zero-order chi connectivity index (χ0) is 19.8. The van der Waals surface area contributed by atoms with Crippen molar-refractivity contribution in [2.75, 3.05) is 0 Å². The number of nitrogens with zero attached hydrogens (tertiary/aromatic N) is 2. The average molecular weight is 393 g/mol. The summed E-state index contributed by atoms with van der Waals surface area (Å²) in [5.41, 5.74) is 7.56. The van der Waals surface area contributed by atoms with Gasteiger partial charge in [-0.25, -0.2) is 0 Å². The van der Waals surface area contributed by atoms with Crippen LogP contribution in [0.2, 0.25) is 19.6 Å². The van der Waals surface area contributed by atoms with Gasteiger partial charge in [-0.2, -0.15) is 0 Å². The van der Waals surface area contributed by atoms with Gasteiger partial charge in [0, 0.05) is 23.4 Å². The highest BCUT2D eigenvalue weighted by atomic mass is 28.3. The lowest BCUT2D eigenvalue weighted by atomic mass is 9.90. The van der Waals surface area contributed by atoms with Gasteiger partial charge in [-0.05, 0) is 30.3 Å². The summed E-state index contributed by atoms with van der Waals surface area (Å²) in [7, 11) is -1.46. The van der Waals surface area contributed by atoms with E-state index in [9.17, 15) is 0 Å². The van der Waals surface area contributed by atoms with Crippen molar-refractivity contribution in [3.8, 4) is 22.5 Å². The lowest BCUT2D eigenvalue weighted by Crippen LogP contribution is -2.72. The first-order chi connectivity index (χ1) is 14.0. The van der Waals surface area contributed by atoms with Crippen LogP contribution in [0, 0.1) is 0 Å². The van der Waals surface area contributed by atoms with Crippen LogP contribution in [0.1, 0.15) is 11.1 Å². The third-order valence-corrected chi connectivity index (χ3v) is 8.56. The van der Waals surface area contributed by atoms with Crippen molar-refractivity contribution in [2.45, 2.75) is 25.3 Å². The third kappa shape index (κ3) is 2.01. The molecule has 1 atom stereocenters. The Labute approximate surface area is 172 Å². The van der Waals surface area contributed by atoms with Crippen LogP contribution in [0.25, 0.3) is 22.5 Å². The molecule has 0 bridgehead atoms. The van der Waals surface area contributed by atoms with E-state index in [1.807, 2.05) is 0 Å². The Kier molecular flexibility index (Phi) is 3.21. The number of benzene rings is 2. The van der Waals surface area contributed by atoms with Crippen LogP contribution in [0.3, 0.4) is 0 Å². The molecule has 0 saturated carbocycles. The Morgan fingerprint density at radius 2 is 1.21 bits per heavy atom. The van der Waals surface area contributed by atoms with E-state index in [1.54, 1.807) is 0 Å². The molecule has 0 fully saturated rings. The van der Waals surface area contributed by atoms with Gasteiger partial charge in [0.05, 0.1) is 19.2 Å². The number of aromatic nitrogens is 2. The zero-order valence-electron chi connectivity index (χ0n) is 17.1. The molecule has 140 valence electrons. The summed E-state index contributed by atoms with van der Waals surface area (Å²) in [4.78, 5) is 0. The van der Waals surface area contributed by atoms with E-state index in [4.69, 9.17) is 0 Å². The van der Waals surface area contributed by atoms with Crippen LogP contribution in [0.4, 0.5) is 0 Å². The molecule has 0 radical (unpaired) electrons. The van der Waals surface area contributed by atoms with Crippen molar-refractivity contribution in [1.29, 1.82) is 0 Å². The van der Waals surface area contributed by atoms with E-state index < -0.39 is 8.07 Å². The molecule has 29 heavy (non-hydrogen) atoms. The molecule has 4 heterocycles. The van der Waals surface area contributed by atoms with Crippen LogP contribution in [0.15, 0.2) is 91.3 Å². The highest BCUT2D eigenvalue weighted by Gasteiger charge is 2.66. The standard InChI is InChI=1S/C26H24N2Si/c1-29(2,3)19-15-16-25-21-11-5-7-13-23(21)26(28(25)18-19)22-12-6-4-10-20(22)24-14-8-9-17-27(24)26/h4-18H,1-3H3/q+2. The molecule has 2 nitrogen and oxygen atoms in total. The van der Waals surface area contributed by atoms with Gasteiger partial charge in [0.1, 0.15) is 11.1 Å². The molecule has 3 heteroatoms. The summed E-state index contributed by atoms with van der Waals surface area (Å²) in [6, 6.07) is 29.1. The first-order valence-corrected chi connectivity index (χ1v) is 13.8. The Bertz CT molecular complexity index is 1240. The maximum absolute atomic E-state index is 2.54. The first-order valence-electron chi connectivity index (χ1n) is 10.3. The summed E-state index contributed by atoms with van der Waals surface area (Å²) in [5, 5.41) is 1.48. The van der Waals surface area contributed by atoms with Crippen LogP contribution in [-0.4, -0.2) is 8.07 Å². The summed E-state index contributed by atoms with van der Waals surface area (Å²) >= 11 is 0. The molecule has 0 aliphatic carbocycles. The predicted molar refractivity (Wildman–Crippen MR) is 119 cm³/mol. The second-order valence-corrected chi connectivity index (χ2v) is 14.2. The van der Waals surface area contributed by atoms with E-state index in [0.717, 1.165) is 0 Å². The Morgan fingerprint density at radius 3 is 1.86 bits per heavy atom. The van der Waals surface area contributed by atoms with Crippen molar-refractivity contribution >= 4 is 13.3 Å². The molecule has 2 aliphatic heterocycles. The number of fused-ring (bicyclic) bond motifs is 10. The Balaban J connectivity index is 1.82. The zero-order valence-corrected chi connectivity index (χ0v) is 18.1. The van der Waals surface area contributed by atoms with Gasteiger partial charge in [-0.15, -0.1) is 9.13 Å². The van der Waals surface area contributed by atoms with Crippen molar-refractivity contribution in [3.05, 3.63) is 102 Å². The van der Waals surface area contributed by atoms with Crippen LogP contribution in [0.5, 0.6) is 0 Å². The molecule has 2 aliphatic rings. The molecule has 2 aromatic heterocycles. The van der Waals surface area contributed by atoms with Crippen molar-refractivity contribution in [2.24, 2.45) is 0 Å². The van der Waals surface area contributed by atoms with Crippen molar-refractivity contribution in [3.63, 3.8) is 0 Å². The molecule has 0 N–H and O–H groups in total. The SMILES string of the molecule is C[Si](C)(C)c1ccc2[n+](c1)C1(c3ccccc3-c3cccc[n+]31)c1ccccc1-2. The molecular formula is C26H24N2Si+2. The van der Waals surface area contributed by atoms with Crippen molar-refractivity contribution in [1.82, 2.24) is 0 Å². The minimum atomic E-state index is -1.46. The monoisotopic (exact) mass is 392 g/mol. The van der Waals surface area contributed by atoms with Crippen LogP contribution < -0.4 is 14.3 Å². The minimum absolute atomic E-state index is 0.366. The van der Waals surface area contributed by atoms with Crippen molar-refractivity contribution < 1.29 is 9.13 Å². The molecular weight excluding hydrogens is 368 g/mol. The average Bonchev–Trinajstić information content (AvgIpc) is 3.20. The molecule has 1 unspecified atom stereocenters. The highest BCUT2D eigenvalue weighted by Crippen LogP contribution is 2.46. The highest BCUT2D eigenvalue weighted by molar-refractivity contribution is 6.88. The molecule has 6 rings (SSSR count). The maximum atomic E-state index is 2.54. The molecule has 2 aromatic carbocycles. The number of rotatable bonds is 1. The topological polar surface area (TPSA) is 7.76 Å². The first kappa shape index (κ1) is 16.9. The fraction of sp³-hybridized carbons (Fsp3) is 0.154. The van der Waals surface area contributed by atoms with E-state index in [2.05, 4.69) is 120 Å². The summed E-state index contributed by atoms with van der Waals surface area (Å²) in [5.74, 6) is 0. The predicted octanol–water partition coefficient (Wildman–Crippen LogP) is 4.07. The fourth-order valence-electron chi connectivity index (χ4n) is 5.18. The van der Waals surface area contributed by atoms with Gasteiger partial charge in [0.25, 0.3) is 0 Å². The van der Waals surface area contributed by atoms with Crippen LogP contribution in [-0.2, 0) is 5.66 Å². The molecule has 0 saturated heterocycles. The van der Waals surface area contributed by atoms with Gasteiger partial charge in [-0.3, -0.25) is 0 Å². The van der Waals surface area contributed by atoms with E-state index in [0.29, 0.717) is 0 Å². The van der Waals surface area contributed by atoms with Gasteiger partial charge in [0.15, 0.2) is 12.4 Å². The quantitative estimate of drug-likeness (QED) is 0.294. The van der Waals surface area contributed by atoms with Gasteiger partial charge in [-0.1, -0.05) is 50.0 Å². The number of pyridine rings is 2. The number of hydrogen-bond acceptors (Lipinski definition) is 0. The third-order valence-electron chi connectivity index (χ3n) is 6.53. The van der Waals surface area contributed by atoms with Gasteiger partial charge >= 0.3 is 5.66 Å². The smallest absolute Gasteiger partial charge is 0.126 e. The second kappa shape index (κ2) is 5.52. The number of hydrogen-bond donors (Lipinski definition) is 0. The van der Waals surface area contributed by atoms with Crippen LogP contribution >= 0.6 is 0 Å².